The summed E-state index contributed by atoms with van der Waals surface area (Å²) in [5, 5.41) is 0. The van der Waals surface area contributed by atoms with E-state index in [0.29, 0.717) is 61.2 Å². The van der Waals surface area contributed by atoms with Crippen LogP contribution in [0, 0.1) is 0 Å². The number of hydrogen-bond donors (Lipinski definition) is 0. The van der Waals surface area contributed by atoms with E-state index in [1.165, 1.54) is 13.2 Å². The van der Waals surface area contributed by atoms with Crippen molar-refractivity contribution >= 4 is 26.8 Å². The largest absolute Gasteiger partial charge is 0.543 e. The maximum atomic E-state index is 12.9. The molecular formula is C30H42O9Si. The summed E-state index contributed by atoms with van der Waals surface area (Å²) in [6.45, 7) is 11.6. The van der Waals surface area contributed by atoms with E-state index in [2.05, 4.69) is 11.7 Å². The SMILES string of the molecule is CCCOc1cc(OC(=O)c2ccc(OC(CCC)[Si](OCC)(OCC)OCC)cc2)ccc1/C=C/C(=O)OC. The quantitative estimate of drug-likeness (QED) is 0.0916. The molecule has 2 aromatic carbocycles. The zero-order chi connectivity index (χ0) is 29.4. The van der Waals surface area contributed by atoms with Gasteiger partial charge in [-0.15, -0.1) is 0 Å². The normalized spacial score (nSPS) is 12.2. The van der Waals surface area contributed by atoms with Crippen LogP contribution >= 0.6 is 0 Å². The molecule has 0 saturated carbocycles. The number of rotatable bonds is 18. The van der Waals surface area contributed by atoms with E-state index in [9.17, 15) is 9.59 Å². The van der Waals surface area contributed by atoms with Gasteiger partial charge in [-0.25, -0.2) is 9.59 Å². The van der Waals surface area contributed by atoms with Gasteiger partial charge in [0.2, 0.25) is 0 Å². The number of ether oxygens (including phenoxy) is 4. The van der Waals surface area contributed by atoms with E-state index < -0.39 is 20.7 Å². The van der Waals surface area contributed by atoms with Crippen LogP contribution in [0.4, 0.5) is 0 Å². The smallest absolute Gasteiger partial charge is 0.493 e. The Morgan fingerprint density at radius 1 is 0.850 bits per heavy atom. The van der Waals surface area contributed by atoms with Gasteiger partial charge >= 0.3 is 20.7 Å². The molecule has 0 aliphatic carbocycles. The molecule has 10 heteroatoms. The maximum absolute atomic E-state index is 12.9. The van der Waals surface area contributed by atoms with Gasteiger partial charge < -0.3 is 32.2 Å². The molecule has 0 bridgehead atoms. The second kappa shape index (κ2) is 17.5. The Kier molecular flexibility index (Phi) is 14.4. The predicted octanol–water partition coefficient (Wildman–Crippen LogP) is 6.02. The van der Waals surface area contributed by atoms with Crippen LogP contribution in [0.2, 0.25) is 0 Å². The van der Waals surface area contributed by atoms with Crippen molar-refractivity contribution in [1.82, 2.24) is 0 Å². The first-order valence-electron chi connectivity index (χ1n) is 13.8. The van der Waals surface area contributed by atoms with Crippen LogP contribution < -0.4 is 14.2 Å². The van der Waals surface area contributed by atoms with Crippen LogP contribution in [0.1, 0.15) is 69.8 Å². The Bertz CT molecular complexity index is 1070. The highest BCUT2D eigenvalue weighted by Crippen LogP contribution is 2.28. The third-order valence-corrected chi connectivity index (χ3v) is 8.88. The van der Waals surface area contributed by atoms with E-state index in [-0.39, 0.29) is 5.73 Å². The van der Waals surface area contributed by atoms with E-state index in [0.717, 1.165) is 12.8 Å². The lowest BCUT2D eigenvalue weighted by Gasteiger charge is -2.35. The molecule has 9 nitrogen and oxygen atoms in total. The summed E-state index contributed by atoms with van der Waals surface area (Å²) in [5.74, 6) is 0.367. The highest BCUT2D eigenvalue weighted by atomic mass is 28.4. The summed E-state index contributed by atoms with van der Waals surface area (Å²) < 4.78 is 40.5. The standard InChI is InChI=1S/C30H42O9Si/c1-7-12-29(40(35-9-3,36-10-4)37-11-5)38-25-17-14-24(15-18-25)30(32)39-26-19-13-23(16-20-28(31)33-6)27(22-26)34-21-8-2/h13-20,22,29H,7-12,21H2,1-6H3/b20-16+. The molecule has 0 fully saturated rings. The van der Waals surface area contributed by atoms with Crippen molar-refractivity contribution in [3.63, 3.8) is 0 Å². The van der Waals surface area contributed by atoms with Crippen molar-refractivity contribution in [1.29, 1.82) is 0 Å². The van der Waals surface area contributed by atoms with Crippen molar-refractivity contribution in [2.75, 3.05) is 33.5 Å². The van der Waals surface area contributed by atoms with Gasteiger partial charge in [0.05, 0.1) is 19.3 Å². The first-order chi connectivity index (χ1) is 19.4. The van der Waals surface area contributed by atoms with Crippen molar-refractivity contribution < 1.29 is 41.8 Å². The summed E-state index contributed by atoms with van der Waals surface area (Å²) in [4.78, 5) is 24.4. The fourth-order valence-electron chi connectivity index (χ4n) is 3.86. The van der Waals surface area contributed by atoms with Gasteiger partial charge in [0.15, 0.2) is 5.73 Å². The van der Waals surface area contributed by atoms with Gasteiger partial charge in [-0.3, -0.25) is 0 Å². The molecule has 1 unspecified atom stereocenters. The molecule has 0 heterocycles. The first kappa shape index (κ1) is 33.0. The second-order valence-corrected chi connectivity index (χ2v) is 11.3. The van der Waals surface area contributed by atoms with Gasteiger partial charge in [0, 0.05) is 37.5 Å². The lowest BCUT2D eigenvalue weighted by molar-refractivity contribution is -0.134. The molecule has 0 spiro atoms. The Hall–Kier alpha value is -3.18. The Labute approximate surface area is 238 Å². The molecule has 220 valence electrons. The summed E-state index contributed by atoms with van der Waals surface area (Å²) in [7, 11) is -1.80. The molecule has 0 aliphatic rings. The van der Waals surface area contributed by atoms with Crippen molar-refractivity contribution in [2.24, 2.45) is 0 Å². The summed E-state index contributed by atoms with van der Waals surface area (Å²) >= 11 is 0. The zero-order valence-electron chi connectivity index (χ0n) is 24.4. The molecule has 2 aromatic rings. The molecule has 0 saturated heterocycles. The van der Waals surface area contributed by atoms with E-state index >= 15 is 0 Å². The van der Waals surface area contributed by atoms with Crippen LogP contribution in [0.15, 0.2) is 48.5 Å². The Morgan fingerprint density at radius 3 is 2.02 bits per heavy atom. The highest BCUT2D eigenvalue weighted by Gasteiger charge is 2.51. The minimum Gasteiger partial charge on any atom is -0.493 e. The molecule has 1 atom stereocenters. The first-order valence-corrected chi connectivity index (χ1v) is 15.6. The number of benzene rings is 2. The van der Waals surface area contributed by atoms with Crippen LogP contribution in [0.5, 0.6) is 17.2 Å². The predicted molar refractivity (Wildman–Crippen MR) is 155 cm³/mol. The lowest BCUT2D eigenvalue weighted by Crippen LogP contribution is -2.58. The fraction of sp³-hybridized carbons (Fsp3) is 0.467. The van der Waals surface area contributed by atoms with Gasteiger partial charge in [0.1, 0.15) is 17.2 Å². The lowest BCUT2D eigenvalue weighted by atomic mass is 10.1. The number of methoxy groups -OCH3 is 1. The van der Waals surface area contributed by atoms with Crippen LogP contribution in [0.3, 0.4) is 0 Å². The third kappa shape index (κ3) is 9.78. The monoisotopic (exact) mass is 574 g/mol. The number of hydrogen-bond acceptors (Lipinski definition) is 9. The van der Waals surface area contributed by atoms with Gasteiger partial charge in [-0.05, 0) is 76.1 Å². The van der Waals surface area contributed by atoms with Gasteiger partial charge in [-0.1, -0.05) is 20.3 Å². The molecular weight excluding hydrogens is 532 g/mol. The van der Waals surface area contributed by atoms with E-state index in [1.807, 2.05) is 27.7 Å². The van der Waals surface area contributed by atoms with E-state index in [4.69, 9.17) is 27.5 Å². The minimum atomic E-state index is -3.11. The number of carbonyl (C=O) groups excluding carboxylic acids is 2. The molecule has 0 N–H and O–H groups in total. The van der Waals surface area contributed by atoms with E-state index in [1.54, 1.807) is 48.5 Å². The molecule has 0 radical (unpaired) electrons. The molecule has 40 heavy (non-hydrogen) atoms. The third-order valence-electron chi connectivity index (χ3n) is 5.61. The summed E-state index contributed by atoms with van der Waals surface area (Å²) in [5.41, 5.74) is 0.629. The second-order valence-electron chi connectivity index (χ2n) is 8.62. The molecule has 0 aliphatic heterocycles. The van der Waals surface area contributed by atoms with Gasteiger partial charge in [0.25, 0.3) is 0 Å². The highest BCUT2D eigenvalue weighted by molar-refractivity contribution is 6.62. The topological polar surface area (TPSA) is 98.8 Å². The van der Waals surface area contributed by atoms with Crippen molar-refractivity contribution in [2.45, 2.75) is 59.6 Å². The summed E-state index contributed by atoms with van der Waals surface area (Å²) in [6.07, 6.45) is 5.24. The van der Waals surface area contributed by atoms with Gasteiger partial charge in [-0.2, -0.15) is 0 Å². The average Bonchev–Trinajstić information content (AvgIpc) is 2.95. The summed E-state index contributed by atoms with van der Waals surface area (Å²) in [6, 6.07) is 11.7. The van der Waals surface area contributed by atoms with Crippen LogP contribution in [-0.4, -0.2) is 60.0 Å². The average molecular weight is 575 g/mol. The zero-order valence-corrected chi connectivity index (χ0v) is 25.4. The molecule has 0 aromatic heterocycles. The van der Waals surface area contributed by atoms with Crippen molar-refractivity contribution in [3.8, 4) is 17.2 Å². The van der Waals surface area contributed by atoms with Crippen LogP contribution in [0.25, 0.3) is 6.08 Å². The van der Waals surface area contributed by atoms with Crippen molar-refractivity contribution in [3.05, 3.63) is 59.7 Å². The minimum absolute atomic E-state index is 0.315. The maximum Gasteiger partial charge on any atom is 0.543 e. The Balaban J connectivity index is 2.20. The number of esters is 2. The number of carbonyl (C=O) groups is 2. The molecule has 2 rings (SSSR count). The Morgan fingerprint density at radius 2 is 1.48 bits per heavy atom. The molecule has 0 amide bonds. The fourth-order valence-corrected chi connectivity index (χ4v) is 6.79. The van der Waals surface area contributed by atoms with Crippen LogP contribution in [-0.2, 0) is 22.8 Å².